The zero-order valence-electron chi connectivity index (χ0n) is 28.9. The maximum absolute atomic E-state index is 13.7. The van der Waals surface area contributed by atoms with Gasteiger partial charge in [0.2, 0.25) is 0 Å². The highest BCUT2D eigenvalue weighted by Crippen LogP contribution is 2.70. The average Bonchev–Trinajstić information content (AvgIpc) is 2.92. The minimum Gasteiger partial charge on any atom is -0.461 e. The Kier molecular flexibility index (Phi) is 8.05. The van der Waals surface area contributed by atoms with Gasteiger partial charge in [0.15, 0.2) is 6.10 Å². The summed E-state index contributed by atoms with van der Waals surface area (Å²) in [5, 5.41) is 38.0. The third kappa shape index (κ3) is 4.92. The van der Waals surface area contributed by atoms with Crippen LogP contribution >= 0.6 is 0 Å². The van der Waals surface area contributed by atoms with E-state index in [0.717, 1.165) is 5.56 Å². The van der Waals surface area contributed by atoms with Gasteiger partial charge in [-0.05, 0) is 71.1 Å². The molecule has 10 atom stereocenters. The number of aliphatic hydroxyl groups is 3. The van der Waals surface area contributed by atoms with Crippen molar-refractivity contribution in [2.24, 2.45) is 33.0 Å². The Morgan fingerprint density at radius 1 is 0.911 bits per heavy atom. The van der Waals surface area contributed by atoms with Gasteiger partial charge in [0, 0.05) is 35.0 Å². The van der Waals surface area contributed by atoms with Crippen LogP contribution in [0.3, 0.4) is 0 Å². The molecule has 250 valence electrons. The van der Waals surface area contributed by atoms with Gasteiger partial charge in [-0.1, -0.05) is 58.0 Å². The third-order valence-electron chi connectivity index (χ3n) is 11.9. The lowest BCUT2D eigenvalue weighted by Gasteiger charge is -2.70. The average molecular weight is 627 g/mol. The summed E-state index contributed by atoms with van der Waals surface area (Å²) in [6.07, 6.45) is -4.31. The van der Waals surface area contributed by atoms with Gasteiger partial charge in [-0.15, -0.1) is 0 Å². The van der Waals surface area contributed by atoms with Gasteiger partial charge in [-0.3, -0.25) is 9.59 Å². The second-order valence-electron chi connectivity index (χ2n) is 17.3. The van der Waals surface area contributed by atoms with E-state index in [1.807, 2.05) is 51.1 Å². The predicted octanol–water partition coefficient (Wildman–Crippen LogP) is 5.33. The van der Waals surface area contributed by atoms with Crippen LogP contribution in [0.4, 0.5) is 0 Å². The van der Waals surface area contributed by atoms with Gasteiger partial charge >= 0.3 is 11.9 Å². The molecule has 1 aromatic carbocycles. The van der Waals surface area contributed by atoms with Crippen molar-refractivity contribution in [2.45, 2.75) is 131 Å². The van der Waals surface area contributed by atoms with Gasteiger partial charge in [0.05, 0.1) is 35.2 Å². The second kappa shape index (κ2) is 10.6. The number of carbonyl (C=O) groups is 2. The van der Waals surface area contributed by atoms with E-state index >= 15 is 0 Å². The van der Waals surface area contributed by atoms with Gasteiger partial charge in [0.1, 0.15) is 12.2 Å². The molecular formula is C37H54O8. The number of hydrogen-bond donors (Lipinski definition) is 3. The largest absolute Gasteiger partial charge is 0.461 e. The van der Waals surface area contributed by atoms with Crippen LogP contribution in [0.25, 0.3) is 0 Å². The Balaban J connectivity index is 1.87. The lowest BCUT2D eigenvalue weighted by Crippen LogP contribution is -2.76. The fraction of sp³-hybridized carbons (Fsp3) is 0.730. The molecule has 5 rings (SSSR count). The van der Waals surface area contributed by atoms with E-state index in [1.54, 1.807) is 48.5 Å². The predicted molar refractivity (Wildman–Crippen MR) is 170 cm³/mol. The van der Waals surface area contributed by atoms with E-state index in [2.05, 4.69) is 6.92 Å². The minimum atomic E-state index is -1.56. The molecule has 1 aromatic rings. The second-order valence-corrected chi connectivity index (χ2v) is 17.3. The monoisotopic (exact) mass is 626 g/mol. The Morgan fingerprint density at radius 3 is 1.98 bits per heavy atom. The van der Waals surface area contributed by atoms with E-state index < -0.39 is 80.9 Å². The summed E-state index contributed by atoms with van der Waals surface area (Å²) in [4.78, 5) is 27.2. The number of ether oxygens (including phenoxy) is 3. The van der Waals surface area contributed by atoms with Crippen LogP contribution in [0.5, 0.6) is 0 Å². The first-order valence-corrected chi connectivity index (χ1v) is 16.4. The maximum Gasteiger partial charge on any atom is 0.311 e. The van der Waals surface area contributed by atoms with E-state index in [0.29, 0.717) is 24.2 Å². The van der Waals surface area contributed by atoms with Crippen LogP contribution in [0.15, 0.2) is 41.5 Å². The van der Waals surface area contributed by atoms with E-state index in [4.69, 9.17) is 14.2 Å². The van der Waals surface area contributed by atoms with E-state index in [9.17, 15) is 24.9 Å². The Labute approximate surface area is 268 Å². The molecule has 8 nitrogen and oxygen atoms in total. The first kappa shape index (κ1) is 34.1. The number of rotatable bonds is 3. The fourth-order valence-corrected chi connectivity index (χ4v) is 9.05. The highest BCUT2D eigenvalue weighted by atomic mass is 16.6. The SMILES string of the molecule is CC1=C2[C@@H](OC(=O)C(C)(C)C)[C@H](O)[C@@]3(C)C(C(c4ccccc4)[C@](O)(C[C@@H]1O)C2(C)C)[C@]1(C)CO[C@@H]1C[C@@H]3OC(=O)C(C)(C)C. The normalized spacial score (nSPS) is 41.1. The van der Waals surface area contributed by atoms with Gasteiger partial charge in [-0.2, -0.15) is 0 Å². The first-order chi connectivity index (χ1) is 20.5. The molecule has 3 aliphatic carbocycles. The van der Waals surface area contributed by atoms with Crippen LogP contribution in [0.1, 0.15) is 100 Å². The molecule has 8 heteroatoms. The van der Waals surface area contributed by atoms with Crippen LogP contribution in [-0.2, 0) is 23.8 Å². The molecule has 3 fully saturated rings. The van der Waals surface area contributed by atoms with Crippen molar-refractivity contribution >= 4 is 11.9 Å². The van der Waals surface area contributed by atoms with Crippen LogP contribution in [-0.4, -0.2) is 70.0 Å². The zero-order chi connectivity index (χ0) is 33.7. The summed E-state index contributed by atoms with van der Waals surface area (Å²) in [6.45, 7) is 20.7. The molecule has 2 unspecified atom stereocenters. The number of benzene rings is 1. The highest BCUT2D eigenvalue weighted by molar-refractivity contribution is 5.76. The van der Waals surface area contributed by atoms with Crippen LogP contribution in [0, 0.1) is 33.0 Å². The van der Waals surface area contributed by atoms with E-state index in [-0.39, 0.29) is 12.5 Å². The van der Waals surface area contributed by atoms with Gasteiger partial charge in [-0.25, -0.2) is 0 Å². The van der Waals surface area contributed by atoms with Crippen molar-refractivity contribution in [1.82, 2.24) is 0 Å². The molecule has 0 aromatic heterocycles. The summed E-state index contributed by atoms with van der Waals surface area (Å²) < 4.78 is 18.9. The maximum atomic E-state index is 13.7. The lowest BCUT2D eigenvalue weighted by molar-refractivity contribution is -0.322. The van der Waals surface area contributed by atoms with Crippen LogP contribution < -0.4 is 0 Å². The summed E-state index contributed by atoms with van der Waals surface area (Å²) >= 11 is 0. The number of esters is 2. The molecular weight excluding hydrogens is 572 g/mol. The van der Waals surface area contributed by atoms with Crippen molar-refractivity contribution in [3.63, 3.8) is 0 Å². The molecule has 2 bridgehead atoms. The zero-order valence-corrected chi connectivity index (χ0v) is 28.9. The van der Waals surface area contributed by atoms with E-state index in [1.165, 1.54) is 0 Å². The molecule has 1 heterocycles. The number of carbonyl (C=O) groups excluding carboxylic acids is 2. The molecule has 45 heavy (non-hydrogen) atoms. The lowest BCUT2D eigenvalue weighted by atomic mass is 9.39. The fourth-order valence-electron chi connectivity index (χ4n) is 9.05. The summed E-state index contributed by atoms with van der Waals surface area (Å²) in [5.74, 6) is -2.05. The molecule has 1 aliphatic heterocycles. The first-order valence-electron chi connectivity index (χ1n) is 16.4. The van der Waals surface area contributed by atoms with Gasteiger partial charge in [0.25, 0.3) is 0 Å². The minimum absolute atomic E-state index is 0.0472. The highest BCUT2D eigenvalue weighted by Gasteiger charge is 2.75. The topological polar surface area (TPSA) is 123 Å². The third-order valence-corrected chi connectivity index (χ3v) is 11.9. The molecule has 4 aliphatic rings. The van der Waals surface area contributed by atoms with Crippen molar-refractivity contribution in [3.8, 4) is 0 Å². The number of aliphatic hydroxyl groups excluding tert-OH is 2. The van der Waals surface area contributed by atoms with Crippen molar-refractivity contribution in [1.29, 1.82) is 0 Å². The molecule has 0 spiro atoms. The van der Waals surface area contributed by atoms with Crippen molar-refractivity contribution in [3.05, 3.63) is 47.0 Å². The van der Waals surface area contributed by atoms with Gasteiger partial charge < -0.3 is 29.5 Å². The standard InChI is InChI=1S/C37H54O8/c1-20-22(38)18-37(42)26(21-15-13-12-14-16-21)28-35(10)19-43-23(35)17-24(44-30(40)32(2,3)4)36(28,11)29(39)27(25(20)34(37,8)9)45-31(41)33(5,6)7/h12-16,22-24,26-29,38-39,42H,17-19H2,1-11H3/t22-,23+,24-,26?,27+,28?,29-,35+,36+,37+/m0/s1. The number of hydrogen-bond acceptors (Lipinski definition) is 8. The molecule has 3 N–H and O–H groups in total. The molecule has 1 saturated heterocycles. The van der Waals surface area contributed by atoms with Crippen LogP contribution in [0.2, 0.25) is 0 Å². The quantitative estimate of drug-likeness (QED) is 0.304. The molecule has 0 amide bonds. The summed E-state index contributed by atoms with van der Waals surface area (Å²) in [6, 6.07) is 9.78. The van der Waals surface area contributed by atoms with Crippen molar-refractivity contribution < 1.29 is 39.1 Å². The number of fused-ring (bicyclic) bond motifs is 5. The summed E-state index contributed by atoms with van der Waals surface area (Å²) in [5.41, 5.74) is -4.11. The van der Waals surface area contributed by atoms with Crippen molar-refractivity contribution in [2.75, 3.05) is 6.61 Å². The molecule has 0 radical (unpaired) electrons. The smallest absolute Gasteiger partial charge is 0.311 e. The molecule has 2 saturated carbocycles. The Hall–Kier alpha value is -2.26. The Bertz CT molecular complexity index is 1370. The summed E-state index contributed by atoms with van der Waals surface area (Å²) in [7, 11) is 0. The Morgan fingerprint density at radius 2 is 1.47 bits per heavy atom.